The van der Waals surface area contributed by atoms with Crippen molar-refractivity contribution in [3.63, 3.8) is 0 Å². The van der Waals surface area contributed by atoms with Crippen LogP contribution in [-0.4, -0.2) is 25.1 Å². The Balaban J connectivity index is 2.63. The van der Waals surface area contributed by atoms with Gasteiger partial charge in [0.1, 0.15) is 5.75 Å². The summed E-state index contributed by atoms with van der Waals surface area (Å²) in [6.07, 6.45) is 1.86. The average molecular weight is 249 g/mol. The number of carbonyl (C=O) groups excluding carboxylic acids is 2. The fourth-order valence-corrected chi connectivity index (χ4v) is 1.18. The van der Waals surface area contributed by atoms with E-state index in [-0.39, 0.29) is 0 Å². The van der Waals surface area contributed by atoms with E-state index in [0.29, 0.717) is 5.75 Å². The van der Waals surface area contributed by atoms with Gasteiger partial charge in [0.05, 0.1) is 7.11 Å². The molecule has 0 aromatic heterocycles. The Morgan fingerprint density at radius 3 is 2.72 bits per heavy atom. The van der Waals surface area contributed by atoms with Gasteiger partial charge in [0.25, 0.3) is 5.91 Å². The lowest BCUT2D eigenvalue weighted by Gasteiger charge is -2.06. The molecule has 96 valence electrons. The zero-order valence-electron chi connectivity index (χ0n) is 10.3. The Labute approximate surface area is 105 Å². The van der Waals surface area contributed by atoms with Crippen molar-refractivity contribution in [1.29, 1.82) is 0 Å². The maximum Gasteiger partial charge on any atom is 0.331 e. The highest BCUT2D eigenvalue weighted by Crippen LogP contribution is 2.13. The number of rotatable bonds is 5. The predicted molar refractivity (Wildman–Crippen MR) is 66.8 cm³/mol. The summed E-state index contributed by atoms with van der Waals surface area (Å²) in [7, 11) is 1.56. The summed E-state index contributed by atoms with van der Waals surface area (Å²) in [5.41, 5.74) is 5.76. The van der Waals surface area contributed by atoms with Crippen molar-refractivity contribution >= 4 is 18.0 Å². The van der Waals surface area contributed by atoms with Gasteiger partial charge in [0.2, 0.25) is 0 Å². The third-order valence-corrected chi connectivity index (χ3v) is 2.20. The number of amides is 1. The van der Waals surface area contributed by atoms with Gasteiger partial charge in [-0.3, -0.25) is 4.79 Å². The molecular formula is C13H15NO4. The molecule has 5 heteroatoms. The van der Waals surface area contributed by atoms with Crippen molar-refractivity contribution in [2.45, 2.75) is 13.0 Å². The summed E-state index contributed by atoms with van der Waals surface area (Å²) in [5, 5.41) is 0. The number of ether oxygens (including phenoxy) is 2. The molecule has 2 N–H and O–H groups in total. The zero-order valence-corrected chi connectivity index (χ0v) is 10.3. The largest absolute Gasteiger partial charge is 0.497 e. The number of esters is 1. The van der Waals surface area contributed by atoms with Gasteiger partial charge in [-0.1, -0.05) is 12.1 Å². The third kappa shape index (κ3) is 4.29. The van der Waals surface area contributed by atoms with Gasteiger partial charge in [-0.05, 0) is 30.7 Å². The summed E-state index contributed by atoms with van der Waals surface area (Å²) in [4.78, 5) is 22.0. The fraction of sp³-hybridized carbons (Fsp3) is 0.231. The second-order valence-electron chi connectivity index (χ2n) is 3.59. The summed E-state index contributed by atoms with van der Waals surface area (Å²) >= 11 is 0. The van der Waals surface area contributed by atoms with Crippen molar-refractivity contribution < 1.29 is 19.1 Å². The molecule has 0 aliphatic heterocycles. The molecular weight excluding hydrogens is 234 g/mol. The van der Waals surface area contributed by atoms with Crippen LogP contribution in [0.3, 0.4) is 0 Å². The van der Waals surface area contributed by atoms with E-state index in [2.05, 4.69) is 0 Å². The molecule has 1 atom stereocenters. The molecule has 0 aliphatic rings. The number of nitrogens with two attached hydrogens (primary N) is 1. The lowest BCUT2D eigenvalue weighted by Crippen LogP contribution is -2.29. The highest BCUT2D eigenvalue weighted by Gasteiger charge is 2.11. The number of primary amides is 1. The van der Waals surface area contributed by atoms with Gasteiger partial charge in [0.15, 0.2) is 6.10 Å². The molecule has 0 heterocycles. The molecule has 1 aromatic rings. The van der Waals surface area contributed by atoms with E-state index in [1.54, 1.807) is 31.4 Å². The first-order valence-corrected chi connectivity index (χ1v) is 5.35. The lowest BCUT2D eigenvalue weighted by molar-refractivity contribution is -0.148. The van der Waals surface area contributed by atoms with Gasteiger partial charge >= 0.3 is 5.97 Å². The predicted octanol–water partition coefficient (Wildman–Crippen LogP) is 1.13. The van der Waals surface area contributed by atoms with Crippen LogP contribution in [0.25, 0.3) is 6.08 Å². The maximum absolute atomic E-state index is 11.3. The molecule has 0 saturated carbocycles. The van der Waals surface area contributed by atoms with E-state index in [0.717, 1.165) is 5.56 Å². The summed E-state index contributed by atoms with van der Waals surface area (Å²) < 4.78 is 9.80. The maximum atomic E-state index is 11.3. The summed E-state index contributed by atoms with van der Waals surface area (Å²) in [6.45, 7) is 1.42. The van der Waals surface area contributed by atoms with E-state index in [9.17, 15) is 9.59 Å². The molecule has 1 amide bonds. The summed E-state index contributed by atoms with van der Waals surface area (Å²) in [5.74, 6) is -0.613. The molecule has 0 bridgehead atoms. The van der Waals surface area contributed by atoms with Crippen molar-refractivity contribution in [3.8, 4) is 5.75 Å². The van der Waals surface area contributed by atoms with Crippen molar-refractivity contribution in [1.82, 2.24) is 0 Å². The minimum Gasteiger partial charge on any atom is -0.497 e. The Morgan fingerprint density at radius 2 is 2.11 bits per heavy atom. The second-order valence-corrected chi connectivity index (χ2v) is 3.59. The molecule has 0 spiro atoms. The van der Waals surface area contributed by atoms with E-state index in [1.807, 2.05) is 6.07 Å². The van der Waals surface area contributed by atoms with Crippen LogP contribution in [-0.2, 0) is 14.3 Å². The van der Waals surface area contributed by atoms with Crippen LogP contribution in [0.4, 0.5) is 0 Å². The number of benzene rings is 1. The quantitative estimate of drug-likeness (QED) is 0.626. The van der Waals surface area contributed by atoms with Crippen molar-refractivity contribution in [2.75, 3.05) is 7.11 Å². The zero-order chi connectivity index (χ0) is 13.5. The van der Waals surface area contributed by atoms with Crippen LogP contribution >= 0.6 is 0 Å². The smallest absolute Gasteiger partial charge is 0.331 e. The Hall–Kier alpha value is -2.30. The van der Waals surface area contributed by atoms with E-state index < -0.39 is 18.0 Å². The van der Waals surface area contributed by atoms with E-state index in [1.165, 1.54) is 13.0 Å². The molecule has 18 heavy (non-hydrogen) atoms. The Bertz CT molecular complexity index is 468. The van der Waals surface area contributed by atoms with Gasteiger partial charge in [0, 0.05) is 6.08 Å². The normalized spacial score (nSPS) is 12.1. The fourth-order valence-electron chi connectivity index (χ4n) is 1.18. The van der Waals surface area contributed by atoms with Gasteiger partial charge in [-0.2, -0.15) is 0 Å². The topological polar surface area (TPSA) is 78.6 Å². The summed E-state index contributed by atoms with van der Waals surface area (Å²) in [6, 6.07) is 7.17. The van der Waals surface area contributed by atoms with Gasteiger partial charge in [-0.25, -0.2) is 4.79 Å². The number of carbonyl (C=O) groups is 2. The van der Waals surface area contributed by atoms with E-state index >= 15 is 0 Å². The minimum absolute atomic E-state index is 0.621. The van der Waals surface area contributed by atoms with Crippen LogP contribution in [0, 0.1) is 0 Å². The van der Waals surface area contributed by atoms with Crippen LogP contribution in [0.2, 0.25) is 0 Å². The van der Waals surface area contributed by atoms with Crippen LogP contribution in [0.5, 0.6) is 5.75 Å². The number of methoxy groups -OCH3 is 1. The SMILES string of the molecule is COc1cccc(/C=C/C(=O)O[C@@H](C)C(N)=O)c1. The molecule has 0 aliphatic carbocycles. The molecule has 0 radical (unpaired) electrons. The molecule has 1 aromatic carbocycles. The molecule has 1 rings (SSSR count). The lowest BCUT2D eigenvalue weighted by atomic mass is 10.2. The highest BCUT2D eigenvalue weighted by atomic mass is 16.5. The molecule has 0 fully saturated rings. The monoisotopic (exact) mass is 249 g/mol. The van der Waals surface area contributed by atoms with Gasteiger partial charge < -0.3 is 15.2 Å². The highest BCUT2D eigenvalue weighted by molar-refractivity contribution is 5.89. The Kier molecular flexibility index (Phi) is 4.92. The average Bonchev–Trinajstić information content (AvgIpc) is 2.36. The van der Waals surface area contributed by atoms with Crippen LogP contribution in [0.1, 0.15) is 12.5 Å². The molecule has 0 unspecified atom stereocenters. The number of hydrogen-bond donors (Lipinski definition) is 1. The van der Waals surface area contributed by atoms with Crippen molar-refractivity contribution in [3.05, 3.63) is 35.9 Å². The van der Waals surface area contributed by atoms with Crippen LogP contribution in [0.15, 0.2) is 30.3 Å². The molecule has 0 saturated heterocycles. The van der Waals surface area contributed by atoms with Crippen molar-refractivity contribution in [2.24, 2.45) is 5.73 Å². The first-order valence-electron chi connectivity index (χ1n) is 5.35. The first kappa shape index (κ1) is 13.8. The molecule has 5 nitrogen and oxygen atoms in total. The Morgan fingerprint density at radius 1 is 1.39 bits per heavy atom. The first-order chi connectivity index (χ1) is 8.52. The minimum atomic E-state index is -0.938. The number of hydrogen-bond acceptors (Lipinski definition) is 4. The second kappa shape index (κ2) is 6.44. The van der Waals surface area contributed by atoms with Crippen LogP contribution < -0.4 is 10.5 Å². The van der Waals surface area contributed by atoms with E-state index in [4.69, 9.17) is 15.2 Å². The third-order valence-electron chi connectivity index (χ3n) is 2.20. The van der Waals surface area contributed by atoms with Gasteiger partial charge in [-0.15, -0.1) is 0 Å². The standard InChI is InChI=1S/C13H15NO4/c1-9(13(14)16)18-12(15)7-6-10-4-3-5-11(8-10)17-2/h3-9H,1-2H3,(H2,14,16)/b7-6+/t9-/m0/s1.